The third kappa shape index (κ3) is 3.67. The molecule has 96 valence electrons. The van der Waals surface area contributed by atoms with Gasteiger partial charge in [0.1, 0.15) is 0 Å². The van der Waals surface area contributed by atoms with Crippen molar-refractivity contribution in [2.45, 2.75) is 18.9 Å². The first-order valence-corrected chi connectivity index (χ1v) is 6.54. The quantitative estimate of drug-likeness (QED) is 0.879. The van der Waals surface area contributed by atoms with Crippen LogP contribution in [0.3, 0.4) is 0 Å². The number of hydrogen-bond donors (Lipinski definition) is 1. The summed E-state index contributed by atoms with van der Waals surface area (Å²) in [6, 6.07) is 22.8. The zero-order valence-corrected chi connectivity index (χ0v) is 11.1. The Morgan fingerprint density at radius 2 is 1.47 bits per heavy atom. The second-order valence-corrected chi connectivity index (χ2v) is 4.63. The first kappa shape index (κ1) is 13.3. The number of benzene rings is 2. The van der Waals surface area contributed by atoms with Gasteiger partial charge in [-0.15, -0.1) is 0 Å². The fourth-order valence-electron chi connectivity index (χ4n) is 2.08. The maximum absolute atomic E-state index is 9.27. The minimum atomic E-state index is -0.104. The van der Waals surface area contributed by atoms with Crippen LogP contribution < -0.4 is 5.32 Å². The van der Waals surface area contributed by atoms with Crippen LogP contribution in [-0.4, -0.2) is 6.54 Å². The number of nitrogens with zero attached hydrogens (tertiary/aromatic N) is 1. The Labute approximate surface area is 114 Å². The Bertz CT molecular complexity index is 528. The molecule has 19 heavy (non-hydrogen) atoms. The van der Waals surface area contributed by atoms with E-state index >= 15 is 0 Å². The molecule has 1 N–H and O–H groups in total. The van der Waals surface area contributed by atoms with Crippen molar-refractivity contribution in [2.75, 3.05) is 6.54 Å². The Balaban J connectivity index is 1.96. The lowest BCUT2D eigenvalue weighted by atomic mass is 10.00. The maximum Gasteiger partial charge on any atom is 0.0837 e. The number of nitrogens with one attached hydrogen (secondary N) is 1. The fourth-order valence-corrected chi connectivity index (χ4v) is 2.08. The molecule has 2 aromatic rings. The molecule has 0 spiro atoms. The third-order valence-corrected chi connectivity index (χ3v) is 3.29. The predicted octanol–water partition coefficient (Wildman–Crippen LogP) is 3.64. The Morgan fingerprint density at radius 3 is 2.00 bits per heavy atom. The van der Waals surface area contributed by atoms with Gasteiger partial charge in [0.15, 0.2) is 0 Å². The van der Waals surface area contributed by atoms with E-state index in [9.17, 15) is 5.26 Å². The molecule has 0 aliphatic carbocycles. The number of rotatable bonds is 5. The monoisotopic (exact) mass is 250 g/mol. The van der Waals surface area contributed by atoms with E-state index in [0.717, 1.165) is 5.56 Å². The molecule has 1 unspecified atom stereocenters. The van der Waals surface area contributed by atoms with E-state index < -0.39 is 0 Å². The minimum Gasteiger partial charge on any atom is -0.309 e. The van der Waals surface area contributed by atoms with Gasteiger partial charge in [-0.2, -0.15) is 5.26 Å². The van der Waals surface area contributed by atoms with Crippen molar-refractivity contribution < 1.29 is 0 Å². The standard InChI is InChI=1S/C17H18N2/c1-14(15-8-4-2-5-9-15)19-13-17(12-18)16-10-6-3-7-11-16/h2-11,14,17,19H,13H2,1H3/t14-,17?/m1/s1. The SMILES string of the molecule is C[C@@H](NCC(C#N)c1ccccc1)c1ccccc1. The van der Waals surface area contributed by atoms with Crippen LogP contribution in [0.1, 0.15) is 30.0 Å². The molecular formula is C17H18N2. The largest absolute Gasteiger partial charge is 0.309 e. The van der Waals surface area contributed by atoms with E-state index in [1.807, 2.05) is 48.5 Å². The van der Waals surface area contributed by atoms with E-state index in [-0.39, 0.29) is 12.0 Å². The van der Waals surface area contributed by atoms with Crippen LogP contribution in [0.15, 0.2) is 60.7 Å². The molecule has 0 saturated heterocycles. The van der Waals surface area contributed by atoms with Crippen LogP contribution >= 0.6 is 0 Å². The van der Waals surface area contributed by atoms with Gasteiger partial charge >= 0.3 is 0 Å². The van der Waals surface area contributed by atoms with E-state index in [1.165, 1.54) is 5.56 Å². The Kier molecular flexibility index (Phi) is 4.72. The van der Waals surface area contributed by atoms with Crippen molar-refractivity contribution in [3.8, 4) is 6.07 Å². The summed E-state index contributed by atoms with van der Waals surface area (Å²) in [6.45, 7) is 2.78. The number of hydrogen-bond acceptors (Lipinski definition) is 2. The van der Waals surface area contributed by atoms with Gasteiger partial charge in [-0.3, -0.25) is 0 Å². The van der Waals surface area contributed by atoms with Crippen molar-refractivity contribution in [1.29, 1.82) is 5.26 Å². The Hall–Kier alpha value is -2.11. The van der Waals surface area contributed by atoms with Gasteiger partial charge in [-0.05, 0) is 18.1 Å². The summed E-state index contributed by atoms with van der Waals surface area (Å²) >= 11 is 0. The lowest BCUT2D eigenvalue weighted by Crippen LogP contribution is -2.24. The average Bonchev–Trinajstić information content (AvgIpc) is 2.49. The van der Waals surface area contributed by atoms with Crippen molar-refractivity contribution >= 4 is 0 Å². The van der Waals surface area contributed by atoms with Gasteiger partial charge in [0, 0.05) is 12.6 Å². The predicted molar refractivity (Wildman–Crippen MR) is 77.7 cm³/mol. The molecular weight excluding hydrogens is 232 g/mol. The molecule has 0 aliphatic rings. The van der Waals surface area contributed by atoms with Gasteiger partial charge < -0.3 is 5.32 Å². The van der Waals surface area contributed by atoms with Gasteiger partial charge in [0.05, 0.1) is 12.0 Å². The Morgan fingerprint density at radius 1 is 0.947 bits per heavy atom. The van der Waals surface area contributed by atoms with Crippen LogP contribution in [0.4, 0.5) is 0 Å². The molecule has 0 fully saturated rings. The zero-order chi connectivity index (χ0) is 13.5. The minimum absolute atomic E-state index is 0.104. The fraction of sp³-hybridized carbons (Fsp3) is 0.235. The summed E-state index contributed by atoms with van der Waals surface area (Å²) < 4.78 is 0. The lowest BCUT2D eigenvalue weighted by molar-refractivity contribution is 0.558. The molecule has 0 heterocycles. The average molecular weight is 250 g/mol. The van der Waals surface area contributed by atoms with Crippen LogP contribution in [0.25, 0.3) is 0 Å². The van der Waals surface area contributed by atoms with Crippen molar-refractivity contribution in [1.82, 2.24) is 5.32 Å². The topological polar surface area (TPSA) is 35.8 Å². The molecule has 2 aromatic carbocycles. The zero-order valence-electron chi connectivity index (χ0n) is 11.1. The molecule has 0 saturated carbocycles. The van der Waals surface area contributed by atoms with Crippen molar-refractivity contribution in [3.05, 3.63) is 71.8 Å². The van der Waals surface area contributed by atoms with E-state index in [0.29, 0.717) is 6.54 Å². The smallest absolute Gasteiger partial charge is 0.0837 e. The van der Waals surface area contributed by atoms with Crippen LogP contribution in [0.2, 0.25) is 0 Å². The normalized spacial score (nSPS) is 13.5. The summed E-state index contributed by atoms with van der Waals surface area (Å²) in [5, 5.41) is 12.7. The second-order valence-electron chi connectivity index (χ2n) is 4.63. The summed E-state index contributed by atoms with van der Waals surface area (Å²) in [4.78, 5) is 0. The molecule has 0 radical (unpaired) electrons. The van der Waals surface area contributed by atoms with Gasteiger partial charge in [-0.1, -0.05) is 60.7 Å². The highest BCUT2D eigenvalue weighted by Crippen LogP contribution is 2.16. The first-order chi connectivity index (χ1) is 9.31. The summed E-state index contributed by atoms with van der Waals surface area (Å²) in [7, 11) is 0. The molecule has 0 bridgehead atoms. The molecule has 2 nitrogen and oxygen atoms in total. The highest BCUT2D eigenvalue weighted by atomic mass is 14.9. The second kappa shape index (κ2) is 6.72. The molecule has 2 heteroatoms. The molecule has 2 rings (SSSR count). The molecule has 0 aliphatic heterocycles. The first-order valence-electron chi connectivity index (χ1n) is 6.54. The summed E-state index contributed by atoms with van der Waals surface area (Å²) in [5.41, 5.74) is 2.31. The lowest BCUT2D eigenvalue weighted by Gasteiger charge is -2.17. The van der Waals surface area contributed by atoms with E-state index in [2.05, 4.69) is 30.4 Å². The number of nitriles is 1. The summed E-state index contributed by atoms with van der Waals surface area (Å²) in [5.74, 6) is -0.104. The third-order valence-electron chi connectivity index (χ3n) is 3.29. The van der Waals surface area contributed by atoms with E-state index in [4.69, 9.17) is 0 Å². The van der Waals surface area contributed by atoms with Crippen molar-refractivity contribution in [2.24, 2.45) is 0 Å². The maximum atomic E-state index is 9.27. The van der Waals surface area contributed by atoms with Gasteiger partial charge in [0.25, 0.3) is 0 Å². The van der Waals surface area contributed by atoms with Crippen LogP contribution in [-0.2, 0) is 0 Å². The highest BCUT2D eigenvalue weighted by molar-refractivity contribution is 5.25. The van der Waals surface area contributed by atoms with Crippen LogP contribution in [0, 0.1) is 11.3 Å². The van der Waals surface area contributed by atoms with Crippen molar-refractivity contribution in [3.63, 3.8) is 0 Å². The van der Waals surface area contributed by atoms with E-state index in [1.54, 1.807) is 0 Å². The summed E-state index contributed by atoms with van der Waals surface area (Å²) in [6.07, 6.45) is 0. The highest BCUT2D eigenvalue weighted by Gasteiger charge is 2.12. The van der Waals surface area contributed by atoms with Gasteiger partial charge in [0.2, 0.25) is 0 Å². The van der Waals surface area contributed by atoms with Gasteiger partial charge in [-0.25, -0.2) is 0 Å². The van der Waals surface area contributed by atoms with Crippen LogP contribution in [0.5, 0.6) is 0 Å². The molecule has 0 aromatic heterocycles. The molecule has 2 atom stereocenters. The molecule has 0 amide bonds.